The van der Waals surface area contributed by atoms with Gasteiger partial charge in [0.1, 0.15) is 24.5 Å². The zero-order valence-electron chi connectivity index (χ0n) is 11.6. The molecule has 114 valence electrons. The van der Waals surface area contributed by atoms with Gasteiger partial charge >= 0.3 is 11.9 Å². The quantitative estimate of drug-likeness (QED) is 0.705. The van der Waals surface area contributed by atoms with Gasteiger partial charge < -0.3 is 15.5 Å². The van der Waals surface area contributed by atoms with Crippen LogP contribution in [0.4, 0.5) is 5.95 Å². The Bertz CT molecular complexity index is 495. The average Bonchev–Trinajstić information content (AvgIpc) is 2.37. The minimum Gasteiger partial charge on any atom is -0.481 e. The number of aliphatic carboxylic acids is 2. The van der Waals surface area contributed by atoms with E-state index in [-0.39, 0.29) is 36.5 Å². The molecule has 0 bridgehead atoms. The molecule has 8 heteroatoms. The zero-order valence-corrected chi connectivity index (χ0v) is 11.6. The molecule has 0 aromatic carbocycles. The maximum atomic E-state index is 10.8. The van der Waals surface area contributed by atoms with Crippen LogP contribution in [0.3, 0.4) is 0 Å². The fraction of sp³-hybridized carbons (Fsp3) is 0.615. The lowest BCUT2D eigenvalue weighted by molar-refractivity contribution is -0.137. The van der Waals surface area contributed by atoms with E-state index in [2.05, 4.69) is 20.3 Å². The van der Waals surface area contributed by atoms with Crippen LogP contribution in [0, 0.1) is 0 Å². The van der Waals surface area contributed by atoms with Gasteiger partial charge in [-0.25, -0.2) is 4.98 Å². The average molecular weight is 294 g/mol. The monoisotopic (exact) mass is 294 g/mol. The summed E-state index contributed by atoms with van der Waals surface area (Å²) in [6.07, 6.45) is 4.79. The number of anilines is 1. The van der Waals surface area contributed by atoms with E-state index < -0.39 is 11.9 Å². The largest absolute Gasteiger partial charge is 0.481 e. The minimum atomic E-state index is -1.06. The van der Waals surface area contributed by atoms with E-state index in [9.17, 15) is 9.59 Å². The molecule has 8 nitrogen and oxygen atoms in total. The van der Waals surface area contributed by atoms with Crippen molar-refractivity contribution in [3.8, 4) is 0 Å². The van der Waals surface area contributed by atoms with Crippen molar-refractivity contribution in [1.82, 2.24) is 15.0 Å². The van der Waals surface area contributed by atoms with Crippen molar-refractivity contribution in [2.24, 2.45) is 0 Å². The summed E-state index contributed by atoms with van der Waals surface area (Å²) in [7, 11) is 0. The van der Waals surface area contributed by atoms with E-state index in [0.717, 1.165) is 25.7 Å². The van der Waals surface area contributed by atoms with Gasteiger partial charge in [-0.05, 0) is 12.8 Å². The first-order chi connectivity index (χ1) is 10.0. The lowest BCUT2D eigenvalue weighted by Crippen LogP contribution is -2.25. The number of aromatic nitrogens is 3. The Morgan fingerprint density at radius 3 is 1.95 bits per heavy atom. The Morgan fingerprint density at radius 1 is 0.952 bits per heavy atom. The predicted octanol–water partition coefficient (Wildman–Crippen LogP) is 0.870. The summed E-state index contributed by atoms with van der Waals surface area (Å²) in [4.78, 5) is 33.6. The van der Waals surface area contributed by atoms with Crippen LogP contribution in [0.25, 0.3) is 0 Å². The fourth-order valence-corrected chi connectivity index (χ4v) is 2.39. The Hall–Kier alpha value is -2.25. The summed E-state index contributed by atoms with van der Waals surface area (Å²) in [5.41, 5.74) is 0. The van der Waals surface area contributed by atoms with Gasteiger partial charge in [-0.1, -0.05) is 19.3 Å². The lowest BCUT2D eigenvalue weighted by Gasteiger charge is -2.22. The summed E-state index contributed by atoms with van der Waals surface area (Å²) >= 11 is 0. The van der Waals surface area contributed by atoms with Crippen molar-refractivity contribution >= 4 is 17.9 Å². The molecule has 0 saturated heterocycles. The first kappa shape index (κ1) is 15.1. The Balaban J connectivity index is 2.16. The van der Waals surface area contributed by atoms with E-state index >= 15 is 0 Å². The van der Waals surface area contributed by atoms with Gasteiger partial charge in [-0.3, -0.25) is 9.59 Å². The number of carboxylic acid groups (broad SMARTS) is 2. The number of nitrogens with one attached hydrogen (secondary N) is 1. The fourth-order valence-electron chi connectivity index (χ4n) is 2.39. The van der Waals surface area contributed by atoms with Crippen LogP contribution in [0.5, 0.6) is 0 Å². The van der Waals surface area contributed by atoms with E-state index in [4.69, 9.17) is 10.2 Å². The Kier molecular flexibility index (Phi) is 5.02. The van der Waals surface area contributed by atoms with Gasteiger partial charge in [-0.2, -0.15) is 9.97 Å². The van der Waals surface area contributed by atoms with Crippen molar-refractivity contribution in [1.29, 1.82) is 0 Å². The second-order valence-corrected chi connectivity index (χ2v) is 5.11. The Labute approximate surface area is 121 Å². The van der Waals surface area contributed by atoms with E-state index in [0.29, 0.717) is 0 Å². The molecule has 0 unspecified atom stereocenters. The lowest BCUT2D eigenvalue weighted by atomic mass is 9.96. The van der Waals surface area contributed by atoms with Crippen molar-refractivity contribution in [3.05, 3.63) is 11.6 Å². The molecule has 21 heavy (non-hydrogen) atoms. The van der Waals surface area contributed by atoms with Crippen LogP contribution >= 0.6 is 0 Å². The molecule has 1 aliphatic carbocycles. The standard InChI is InChI=1S/C13H18N4O4/c18-11(19)6-9-15-10(7-12(20)21)17-13(16-9)14-8-4-2-1-3-5-8/h8H,1-7H2,(H,18,19)(H,20,21)(H,14,15,16,17). The summed E-state index contributed by atoms with van der Waals surface area (Å²) in [6.45, 7) is 0. The third-order valence-corrected chi connectivity index (χ3v) is 3.29. The predicted molar refractivity (Wildman–Crippen MR) is 73.0 cm³/mol. The third kappa shape index (κ3) is 4.97. The maximum absolute atomic E-state index is 10.8. The van der Waals surface area contributed by atoms with Crippen molar-refractivity contribution < 1.29 is 19.8 Å². The molecule has 0 amide bonds. The van der Waals surface area contributed by atoms with Gasteiger partial charge in [0.2, 0.25) is 5.95 Å². The highest BCUT2D eigenvalue weighted by Gasteiger charge is 2.17. The molecule has 1 heterocycles. The second kappa shape index (κ2) is 6.96. The number of hydrogen-bond acceptors (Lipinski definition) is 6. The van der Waals surface area contributed by atoms with Gasteiger partial charge in [0.25, 0.3) is 0 Å². The second-order valence-electron chi connectivity index (χ2n) is 5.11. The normalized spacial score (nSPS) is 15.6. The molecular formula is C13H18N4O4. The SMILES string of the molecule is O=C(O)Cc1nc(CC(=O)O)nc(NC2CCCCC2)n1. The molecule has 1 saturated carbocycles. The molecule has 1 aromatic rings. The topological polar surface area (TPSA) is 125 Å². The molecule has 1 fully saturated rings. The van der Waals surface area contributed by atoms with Crippen LogP contribution in [-0.2, 0) is 22.4 Å². The highest BCUT2D eigenvalue weighted by atomic mass is 16.4. The molecule has 2 rings (SSSR count). The van der Waals surface area contributed by atoms with E-state index in [1.54, 1.807) is 0 Å². The summed E-state index contributed by atoms with van der Waals surface area (Å²) in [5.74, 6) is -1.71. The molecule has 3 N–H and O–H groups in total. The van der Waals surface area contributed by atoms with Crippen molar-refractivity contribution in [2.75, 3.05) is 5.32 Å². The van der Waals surface area contributed by atoms with Gasteiger partial charge in [-0.15, -0.1) is 0 Å². The van der Waals surface area contributed by atoms with E-state index in [1.807, 2.05) is 0 Å². The van der Waals surface area contributed by atoms with Crippen LogP contribution in [-0.4, -0.2) is 43.1 Å². The minimum absolute atomic E-state index is 0.0760. The highest BCUT2D eigenvalue weighted by Crippen LogP contribution is 2.20. The summed E-state index contributed by atoms with van der Waals surface area (Å²) < 4.78 is 0. The van der Waals surface area contributed by atoms with E-state index in [1.165, 1.54) is 6.42 Å². The molecule has 0 atom stereocenters. The van der Waals surface area contributed by atoms with Crippen molar-refractivity contribution in [2.45, 2.75) is 51.0 Å². The highest BCUT2D eigenvalue weighted by molar-refractivity contribution is 5.70. The number of carboxylic acids is 2. The molecule has 0 radical (unpaired) electrons. The zero-order chi connectivity index (χ0) is 15.2. The number of nitrogens with zero attached hydrogens (tertiary/aromatic N) is 3. The molecule has 1 aliphatic rings. The number of hydrogen-bond donors (Lipinski definition) is 3. The number of carbonyl (C=O) groups is 2. The van der Waals surface area contributed by atoms with Crippen LogP contribution in [0.1, 0.15) is 43.8 Å². The third-order valence-electron chi connectivity index (χ3n) is 3.29. The van der Waals surface area contributed by atoms with Crippen LogP contribution < -0.4 is 5.32 Å². The molecule has 0 aliphatic heterocycles. The first-order valence-corrected chi connectivity index (χ1v) is 6.97. The van der Waals surface area contributed by atoms with Gasteiger partial charge in [0.05, 0.1) is 0 Å². The molecule has 0 spiro atoms. The van der Waals surface area contributed by atoms with Gasteiger partial charge in [0, 0.05) is 6.04 Å². The maximum Gasteiger partial charge on any atom is 0.311 e. The summed E-state index contributed by atoms with van der Waals surface area (Å²) in [5, 5.41) is 20.8. The molecule has 1 aromatic heterocycles. The smallest absolute Gasteiger partial charge is 0.311 e. The molecular weight excluding hydrogens is 276 g/mol. The summed E-state index contributed by atoms with van der Waals surface area (Å²) in [6, 6.07) is 0.247. The first-order valence-electron chi connectivity index (χ1n) is 6.97. The van der Waals surface area contributed by atoms with Crippen LogP contribution in [0.2, 0.25) is 0 Å². The van der Waals surface area contributed by atoms with Crippen LogP contribution in [0.15, 0.2) is 0 Å². The Morgan fingerprint density at radius 2 is 1.48 bits per heavy atom. The van der Waals surface area contributed by atoms with Gasteiger partial charge in [0.15, 0.2) is 0 Å². The number of rotatable bonds is 6. The van der Waals surface area contributed by atoms with Crippen molar-refractivity contribution in [3.63, 3.8) is 0 Å².